The molecule has 0 N–H and O–H groups in total. The molecule has 0 aliphatic rings. The van der Waals surface area contributed by atoms with Crippen LogP contribution >= 0.6 is 11.8 Å². The number of methoxy groups -OCH3 is 4. The van der Waals surface area contributed by atoms with Gasteiger partial charge in [0.1, 0.15) is 11.5 Å². The van der Waals surface area contributed by atoms with Gasteiger partial charge in [-0.2, -0.15) is 0 Å². The molecule has 154 valence electrons. The van der Waals surface area contributed by atoms with Gasteiger partial charge in [-0.15, -0.1) is 16.9 Å². The van der Waals surface area contributed by atoms with Crippen molar-refractivity contribution in [3.63, 3.8) is 0 Å². The summed E-state index contributed by atoms with van der Waals surface area (Å²) in [5.74, 6) is 4.44. The summed E-state index contributed by atoms with van der Waals surface area (Å²) in [6, 6.07) is 15.5. The first-order chi connectivity index (χ1) is 14.2. The lowest BCUT2D eigenvalue weighted by molar-refractivity contribution is -0.0842. The van der Waals surface area contributed by atoms with Crippen LogP contribution in [0.25, 0.3) is 17.1 Å². The van der Waals surface area contributed by atoms with Crippen molar-refractivity contribution < 1.29 is 18.9 Å². The molecule has 0 amide bonds. The van der Waals surface area contributed by atoms with Gasteiger partial charge < -0.3 is 18.9 Å². The Labute approximate surface area is 175 Å². The highest BCUT2D eigenvalue weighted by Crippen LogP contribution is 2.26. The van der Waals surface area contributed by atoms with E-state index in [1.54, 1.807) is 40.2 Å². The zero-order chi connectivity index (χ0) is 20.6. The number of thioether (sulfide) groups is 1. The van der Waals surface area contributed by atoms with Gasteiger partial charge in [0, 0.05) is 25.5 Å². The van der Waals surface area contributed by atoms with Crippen molar-refractivity contribution in [1.82, 2.24) is 14.8 Å². The molecule has 0 atom stereocenters. The van der Waals surface area contributed by atoms with Gasteiger partial charge in [-0.25, -0.2) is 9.67 Å². The quantitative estimate of drug-likeness (QED) is 0.467. The lowest BCUT2D eigenvalue weighted by Crippen LogP contribution is -2.15. The summed E-state index contributed by atoms with van der Waals surface area (Å²) in [5.41, 5.74) is 1.86. The minimum absolute atomic E-state index is 0.246. The number of aromatic nitrogens is 3. The summed E-state index contributed by atoms with van der Waals surface area (Å²) >= 11 is 1.66. The SMILES string of the molecule is COc1ccc(-c2nc(CSCC(OC)OC)nn2-c2ccc(OC)cc2)cc1. The van der Waals surface area contributed by atoms with Crippen LogP contribution < -0.4 is 9.47 Å². The molecule has 0 saturated carbocycles. The average molecular weight is 416 g/mol. The predicted octanol–water partition coefficient (Wildman–Crippen LogP) is 3.80. The van der Waals surface area contributed by atoms with Crippen LogP contribution in [0.4, 0.5) is 0 Å². The van der Waals surface area contributed by atoms with E-state index in [4.69, 9.17) is 29.0 Å². The highest BCUT2D eigenvalue weighted by molar-refractivity contribution is 7.98. The predicted molar refractivity (Wildman–Crippen MR) is 114 cm³/mol. The van der Waals surface area contributed by atoms with Gasteiger partial charge in [0.15, 0.2) is 17.9 Å². The maximum absolute atomic E-state index is 5.26. The van der Waals surface area contributed by atoms with E-state index in [1.165, 1.54) is 0 Å². The third-order valence-electron chi connectivity index (χ3n) is 4.33. The lowest BCUT2D eigenvalue weighted by Gasteiger charge is -2.11. The van der Waals surface area contributed by atoms with Crippen molar-refractivity contribution in [2.24, 2.45) is 0 Å². The summed E-state index contributed by atoms with van der Waals surface area (Å²) in [6.07, 6.45) is -0.246. The summed E-state index contributed by atoms with van der Waals surface area (Å²) in [4.78, 5) is 4.78. The third kappa shape index (κ3) is 5.29. The fourth-order valence-corrected chi connectivity index (χ4v) is 3.61. The van der Waals surface area contributed by atoms with Crippen molar-refractivity contribution in [2.75, 3.05) is 34.2 Å². The normalized spacial score (nSPS) is 11.1. The third-order valence-corrected chi connectivity index (χ3v) is 5.30. The molecule has 0 unspecified atom stereocenters. The monoisotopic (exact) mass is 415 g/mol. The van der Waals surface area contributed by atoms with Crippen LogP contribution in [0.2, 0.25) is 0 Å². The molecule has 3 rings (SSSR count). The van der Waals surface area contributed by atoms with E-state index in [2.05, 4.69) is 0 Å². The van der Waals surface area contributed by atoms with E-state index in [0.717, 1.165) is 34.4 Å². The van der Waals surface area contributed by atoms with Gasteiger partial charge in [0.25, 0.3) is 0 Å². The molecule has 29 heavy (non-hydrogen) atoms. The van der Waals surface area contributed by atoms with Crippen LogP contribution in [-0.2, 0) is 15.2 Å². The molecule has 1 aromatic heterocycles. The standard InChI is InChI=1S/C21H25N3O4S/c1-25-17-9-5-15(6-10-17)21-22-19(13-29-14-20(27-3)28-4)23-24(21)16-7-11-18(26-2)12-8-16/h5-12,20H,13-14H2,1-4H3. The number of benzene rings is 2. The number of ether oxygens (including phenoxy) is 4. The molecule has 0 aliphatic carbocycles. The molecule has 7 nitrogen and oxygen atoms in total. The summed E-state index contributed by atoms with van der Waals surface area (Å²) in [5, 5.41) is 4.73. The van der Waals surface area contributed by atoms with Crippen LogP contribution in [0, 0.1) is 0 Å². The number of hydrogen-bond donors (Lipinski definition) is 0. The van der Waals surface area contributed by atoms with E-state index >= 15 is 0 Å². The maximum Gasteiger partial charge on any atom is 0.165 e. The zero-order valence-electron chi connectivity index (χ0n) is 17.0. The fraction of sp³-hybridized carbons (Fsp3) is 0.333. The molecule has 0 radical (unpaired) electrons. The van der Waals surface area contributed by atoms with Crippen molar-refractivity contribution in [3.05, 3.63) is 54.4 Å². The number of rotatable bonds is 10. The van der Waals surface area contributed by atoms with Gasteiger partial charge in [-0.05, 0) is 48.5 Å². The molecule has 0 aliphatic heterocycles. The molecule has 0 saturated heterocycles. The second-order valence-corrected chi connectivity index (χ2v) is 7.14. The number of nitrogens with zero attached hydrogens (tertiary/aromatic N) is 3. The molecular weight excluding hydrogens is 390 g/mol. The Bertz CT molecular complexity index is 828. The Morgan fingerprint density at radius 1 is 0.862 bits per heavy atom. The number of hydrogen-bond acceptors (Lipinski definition) is 7. The topological polar surface area (TPSA) is 67.6 Å². The average Bonchev–Trinajstić information content (AvgIpc) is 3.21. The molecule has 0 spiro atoms. The van der Waals surface area contributed by atoms with Crippen molar-refractivity contribution >= 4 is 11.8 Å². The molecule has 0 fully saturated rings. The Morgan fingerprint density at radius 2 is 1.45 bits per heavy atom. The van der Waals surface area contributed by atoms with E-state index in [9.17, 15) is 0 Å². The Kier molecular flexibility index (Phi) is 7.51. The molecule has 0 bridgehead atoms. The smallest absolute Gasteiger partial charge is 0.165 e. The second kappa shape index (κ2) is 10.3. The molecule has 3 aromatic rings. The van der Waals surface area contributed by atoms with Crippen molar-refractivity contribution in [1.29, 1.82) is 0 Å². The van der Waals surface area contributed by atoms with Crippen LogP contribution in [0.3, 0.4) is 0 Å². The first kappa shape index (κ1) is 21.2. The van der Waals surface area contributed by atoms with Crippen molar-refractivity contribution in [2.45, 2.75) is 12.0 Å². The second-order valence-electron chi connectivity index (χ2n) is 6.11. The molecule has 2 aromatic carbocycles. The highest BCUT2D eigenvalue weighted by atomic mass is 32.2. The fourth-order valence-electron chi connectivity index (χ4n) is 2.73. The first-order valence-corrected chi connectivity index (χ1v) is 10.2. The minimum Gasteiger partial charge on any atom is -0.497 e. The summed E-state index contributed by atoms with van der Waals surface area (Å²) in [7, 11) is 6.56. The van der Waals surface area contributed by atoms with Gasteiger partial charge in [0.05, 0.1) is 25.7 Å². The van der Waals surface area contributed by atoms with Gasteiger partial charge in [-0.3, -0.25) is 0 Å². The Hall–Kier alpha value is -2.55. The Balaban J connectivity index is 1.89. The van der Waals surface area contributed by atoms with E-state index in [1.807, 2.05) is 53.2 Å². The highest BCUT2D eigenvalue weighted by Gasteiger charge is 2.15. The molecule has 1 heterocycles. The molecular formula is C21H25N3O4S. The van der Waals surface area contributed by atoms with Crippen LogP contribution in [0.1, 0.15) is 5.82 Å². The van der Waals surface area contributed by atoms with Gasteiger partial charge in [-0.1, -0.05) is 0 Å². The van der Waals surface area contributed by atoms with Gasteiger partial charge >= 0.3 is 0 Å². The van der Waals surface area contributed by atoms with Crippen LogP contribution in [0.5, 0.6) is 11.5 Å². The van der Waals surface area contributed by atoms with E-state index in [0.29, 0.717) is 11.5 Å². The van der Waals surface area contributed by atoms with E-state index in [-0.39, 0.29) is 6.29 Å². The molecule has 8 heteroatoms. The van der Waals surface area contributed by atoms with Crippen LogP contribution in [-0.4, -0.2) is 55.2 Å². The minimum atomic E-state index is -0.246. The summed E-state index contributed by atoms with van der Waals surface area (Å²) in [6.45, 7) is 0. The van der Waals surface area contributed by atoms with E-state index < -0.39 is 0 Å². The van der Waals surface area contributed by atoms with Crippen LogP contribution in [0.15, 0.2) is 48.5 Å². The lowest BCUT2D eigenvalue weighted by atomic mass is 10.2. The first-order valence-electron chi connectivity index (χ1n) is 9.06. The van der Waals surface area contributed by atoms with Crippen molar-refractivity contribution in [3.8, 4) is 28.6 Å². The van der Waals surface area contributed by atoms with Gasteiger partial charge in [0.2, 0.25) is 0 Å². The largest absolute Gasteiger partial charge is 0.497 e. The zero-order valence-corrected chi connectivity index (χ0v) is 17.8. The maximum atomic E-state index is 5.26. The summed E-state index contributed by atoms with van der Waals surface area (Å²) < 4.78 is 22.8. The Morgan fingerprint density at radius 3 is 2.00 bits per heavy atom.